The Morgan fingerprint density at radius 2 is 2.00 bits per heavy atom. The molecule has 0 heterocycles. The van der Waals surface area contributed by atoms with Crippen LogP contribution in [0, 0.1) is 5.82 Å². The first-order valence-corrected chi connectivity index (χ1v) is 6.31. The average molecular weight is 238 g/mol. The van der Waals surface area contributed by atoms with Crippen LogP contribution < -0.4 is 4.74 Å². The van der Waals surface area contributed by atoms with Gasteiger partial charge in [0.25, 0.3) is 0 Å². The van der Waals surface area contributed by atoms with E-state index in [1.807, 2.05) is 0 Å². The molecule has 0 unspecified atom stereocenters. The number of ether oxygens (including phenoxy) is 1. The molecule has 1 fully saturated rings. The molecule has 0 saturated heterocycles. The molecule has 0 aromatic heterocycles. The fourth-order valence-corrected chi connectivity index (χ4v) is 2.32. The van der Waals surface area contributed by atoms with Gasteiger partial charge in [0, 0.05) is 11.6 Å². The van der Waals surface area contributed by atoms with Crippen molar-refractivity contribution in [3.8, 4) is 5.75 Å². The summed E-state index contributed by atoms with van der Waals surface area (Å²) in [6.07, 6.45) is 5.18. The largest absolute Gasteiger partial charge is 0.490 e. The Morgan fingerprint density at radius 1 is 1.29 bits per heavy atom. The lowest BCUT2D eigenvalue weighted by molar-refractivity contribution is 0.141. The van der Waals surface area contributed by atoms with Crippen LogP contribution in [0.3, 0.4) is 0 Å². The van der Waals surface area contributed by atoms with E-state index in [4.69, 9.17) is 4.74 Å². The maximum Gasteiger partial charge on any atom is 0.128 e. The van der Waals surface area contributed by atoms with Crippen molar-refractivity contribution in [3.63, 3.8) is 0 Å². The zero-order valence-electron chi connectivity index (χ0n) is 10.2. The summed E-state index contributed by atoms with van der Waals surface area (Å²) in [6, 6.07) is 4.32. The zero-order chi connectivity index (χ0) is 12.3. The second kappa shape index (κ2) is 5.50. The Morgan fingerprint density at radius 3 is 2.65 bits per heavy atom. The third-order valence-electron chi connectivity index (χ3n) is 3.27. The van der Waals surface area contributed by atoms with Gasteiger partial charge in [-0.05, 0) is 44.7 Å². The first-order chi connectivity index (χ1) is 8.16. The van der Waals surface area contributed by atoms with Crippen molar-refractivity contribution < 1.29 is 14.2 Å². The number of aliphatic hydroxyl groups excluding tert-OH is 1. The summed E-state index contributed by atoms with van der Waals surface area (Å²) >= 11 is 0. The van der Waals surface area contributed by atoms with E-state index in [1.54, 1.807) is 13.0 Å². The van der Waals surface area contributed by atoms with Gasteiger partial charge in [0.2, 0.25) is 0 Å². The highest BCUT2D eigenvalue weighted by Gasteiger charge is 2.18. The molecule has 1 aromatic carbocycles. The molecule has 0 amide bonds. The molecular weight excluding hydrogens is 219 g/mol. The Hall–Kier alpha value is -1.09. The molecule has 0 bridgehead atoms. The van der Waals surface area contributed by atoms with E-state index in [0.717, 1.165) is 12.8 Å². The highest BCUT2D eigenvalue weighted by atomic mass is 19.1. The van der Waals surface area contributed by atoms with Gasteiger partial charge in [-0.2, -0.15) is 0 Å². The highest BCUT2D eigenvalue weighted by Crippen LogP contribution is 2.30. The minimum Gasteiger partial charge on any atom is -0.490 e. The van der Waals surface area contributed by atoms with E-state index in [0.29, 0.717) is 11.3 Å². The second-order valence-corrected chi connectivity index (χ2v) is 4.74. The normalized spacial score (nSPS) is 19.0. The van der Waals surface area contributed by atoms with E-state index in [2.05, 4.69) is 0 Å². The van der Waals surface area contributed by atoms with Crippen LogP contribution in [-0.2, 0) is 0 Å². The Labute approximate surface area is 101 Å². The third-order valence-corrected chi connectivity index (χ3v) is 3.27. The van der Waals surface area contributed by atoms with E-state index < -0.39 is 6.10 Å². The second-order valence-electron chi connectivity index (χ2n) is 4.74. The molecule has 17 heavy (non-hydrogen) atoms. The Bertz CT molecular complexity index is 370. The van der Waals surface area contributed by atoms with Crippen LogP contribution in [-0.4, -0.2) is 11.2 Å². The number of benzene rings is 1. The molecule has 0 spiro atoms. The van der Waals surface area contributed by atoms with Crippen LogP contribution in [0.4, 0.5) is 4.39 Å². The fourth-order valence-electron chi connectivity index (χ4n) is 2.32. The van der Waals surface area contributed by atoms with Crippen LogP contribution in [0.15, 0.2) is 18.2 Å². The first kappa shape index (κ1) is 12.4. The maximum atomic E-state index is 13.2. The van der Waals surface area contributed by atoms with Crippen LogP contribution >= 0.6 is 0 Å². The highest BCUT2D eigenvalue weighted by molar-refractivity contribution is 5.35. The predicted molar refractivity (Wildman–Crippen MR) is 64.5 cm³/mol. The van der Waals surface area contributed by atoms with E-state index in [-0.39, 0.29) is 11.9 Å². The molecule has 0 radical (unpaired) electrons. The first-order valence-electron chi connectivity index (χ1n) is 6.31. The van der Waals surface area contributed by atoms with E-state index in [1.165, 1.54) is 31.4 Å². The van der Waals surface area contributed by atoms with Gasteiger partial charge in [-0.15, -0.1) is 0 Å². The minimum absolute atomic E-state index is 0.169. The molecule has 1 atom stereocenters. The molecule has 0 aliphatic heterocycles. The molecule has 2 nitrogen and oxygen atoms in total. The number of aliphatic hydroxyl groups is 1. The quantitative estimate of drug-likeness (QED) is 0.872. The molecule has 1 saturated carbocycles. The average Bonchev–Trinajstić information content (AvgIpc) is 2.30. The maximum absolute atomic E-state index is 13.2. The van der Waals surface area contributed by atoms with Crippen molar-refractivity contribution in [1.82, 2.24) is 0 Å². The van der Waals surface area contributed by atoms with Crippen LogP contribution in [0.5, 0.6) is 5.75 Å². The van der Waals surface area contributed by atoms with E-state index >= 15 is 0 Å². The van der Waals surface area contributed by atoms with Crippen molar-refractivity contribution in [2.45, 2.75) is 51.2 Å². The van der Waals surface area contributed by atoms with Gasteiger partial charge in [0.05, 0.1) is 12.2 Å². The van der Waals surface area contributed by atoms with Crippen molar-refractivity contribution >= 4 is 0 Å². The molecule has 3 heteroatoms. The summed E-state index contributed by atoms with van der Waals surface area (Å²) in [5.74, 6) is 0.173. The molecule has 2 rings (SSSR count). The fraction of sp³-hybridized carbons (Fsp3) is 0.571. The summed E-state index contributed by atoms with van der Waals surface area (Å²) in [6.45, 7) is 1.67. The predicted octanol–water partition coefficient (Wildman–Crippen LogP) is 3.59. The van der Waals surface area contributed by atoms with Gasteiger partial charge in [-0.3, -0.25) is 0 Å². The molecule has 1 aromatic rings. The van der Waals surface area contributed by atoms with Gasteiger partial charge < -0.3 is 9.84 Å². The Kier molecular flexibility index (Phi) is 4.00. The summed E-state index contributed by atoms with van der Waals surface area (Å²) < 4.78 is 19.0. The molecular formula is C14H19FO2. The van der Waals surface area contributed by atoms with E-state index in [9.17, 15) is 9.50 Å². The van der Waals surface area contributed by atoms with Crippen molar-refractivity contribution in [3.05, 3.63) is 29.6 Å². The SMILES string of the molecule is C[C@@H](O)c1ccc(F)cc1OC1CCCCC1. The molecule has 94 valence electrons. The van der Waals surface area contributed by atoms with Gasteiger partial charge in [-0.25, -0.2) is 4.39 Å². The van der Waals surface area contributed by atoms with Crippen molar-refractivity contribution in [2.75, 3.05) is 0 Å². The molecule has 1 aliphatic rings. The number of hydrogen-bond acceptors (Lipinski definition) is 2. The topological polar surface area (TPSA) is 29.5 Å². The summed E-state index contributed by atoms with van der Waals surface area (Å²) in [5, 5.41) is 9.62. The van der Waals surface area contributed by atoms with Gasteiger partial charge >= 0.3 is 0 Å². The van der Waals surface area contributed by atoms with Crippen molar-refractivity contribution in [2.24, 2.45) is 0 Å². The third kappa shape index (κ3) is 3.19. The zero-order valence-corrected chi connectivity index (χ0v) is 10.2. The number of rotatable bonds is 3. The van der Waals surface area contributed by atoms with Crippen molar-refractivity contribution in [1.29, 1.82) is 0 Å². The monoisotopic (exact) mass is 238 g/mol. The van der Waals surface area contributed by atoms with Crippen LogP contribution in [0.25, 0.3) is 0 Å². The summed E-state index contributed by atoms with van der Waals surface area (Å²) in [5.41, 5.74) is 0.664. The summed E-state index contributed by atoms with van der Waals surface area (Å²) in [7, 11) is 0. The number of hydrogen-bond donors (Lipinski definition) is 1. The molecule has 1 N–H and O–H groups in total. The van der Waals surface area contributed by atoms with Crippen LogP contribution in [0.1, 0.15) is 50.7 Å². The smallest absolute Gasteiger partial charge is 0.128 e. The van der Waals surface area contributed by atoms with Crippen LogP contribution in [0.2, 0.25) is 0 Å². The molecule has 1 aliphatic carbocycles. The lowest BCUT2D eigenvalue weighted by atomic mass is 9.97. The minimum atomic E-state index is -0.630. The summed E-state index contributed by atoms with van der Waals surface area (Å²) in [4.78, 5) is 0. The van der Waals surface area contributed by atoms with Gasteiger partial charge in [0.1, 0.15) is 11.6 Å². The number of halogens is 1. The Balaban J connectivity index is 2.14. The standard InChI is InChI=1S/C14H19FO2/c1-10(16)13-8-7-11(15)9-14(13)17-12-5-3-2-4-6-12/h7-10,12,16H,2-6H2,1H3/t10-/m1/s1. The lowest BCUT2D eigenvalue weighted by Crippen LogP contribution is -2.20. The lowest BCUT2D eigenvalue weighted by Gasteiger charge is -2.24. The van der Waals surface area contributed by atoms with Gasteiger partial charge in [0.15, 0.2) is 0 Å². The van der Waals surface area contributed by atoms with Gasteiger partial charge in [-0.1, -0.05) is 6.42 Å².